The Morgan fingerprint density at radius 2 is 2.12 bits per heavy atom. The number of rotatable bonds is 6. The Labute approximate surface area is 153 Å². The third-order valence-corrected chi connectivity index (χ3v) is 4.90. The molecule has 0 aliphatic heterocycles. The minimum absolute atomic E-state index is 0.00722. The van der Waals surface area contributed by atoms with Crippen molar-refractivity contribution in [2.45, 2.75) is 51.4 Å². The zero-order chi connectivity index (χ0) is 19.1. The molecule has 2 heterocycles. The minimum Gasteiger partial charge on any atom is -0.352 e. The van der Waals surface area contributed by atoms with E-state index in [0.717, 1.165) is 24.1 Å². The van der Waals surface area contributed by atoms with Gasteiger partial charge in [0.25, 0.3) is 0 Å². The van der Waals surface area contributed by atoms with Crippen LogP contribution in [-0.2, 0) is 31.1 Å². The Morgan fingerprint density at radius 1 is 1.42 bits per heavy atom. The van der Waals surface area contributed by atoms with E-state index in [2.05, 4.69) is 15.5 Å². The minimum atomic E-state index is -4.61. The number of amides is 1. The molecule has 0 saturated heterocycles. The van der Waals surface area contributed by atoms with Crippen molar-refractivity contribution in [1.82, 2.24) is 24.9 Å². The van der Waals surface area contributed by atoms with Crippen LogP contribution in [0.3, 0.4) is 0 Å². The molecule has 0 bridgehead atoms. The molecule has 2 aromatic rings. The van der Waals surface area contributed by atoms with Gasteiger partial charge in [0.15, 0.2) is 5.69 Å². The summed E-state index contributed by atoms with van der Waals surface area (Å²) in [5.74, 6) is -0.276. The monoisotopic (exact) mass is 389 g/mol. The van der Waals surface area contributed by atoms with Crippen LogP contribution in [-0.4, -0.2) is 25.5 Å². The van der Waals surface area contributed by atoms with Gasteiger partial charge in [-0.1, -0.05) is 11.6 Å². The van der Waals surface area contributed by atoms with Crippen molar-refractivity contribution in [3.05, 3.63) is 33.9 Å². The lowest BCUT2D eigenvalue weighted by molar-refractivity contribution is -0.141. The molecule has 0 radical (unpaired) electrons. The van der Waals surface area contributed by atoms with Gasteiger partial charge in [0.1, 0.15) is 0 Å². The second-order valence-electron chi connectivity index (χ2n) is 6.45. The summed E-state index contributed by atoms with van der Waals surface area (Å²) in [5, 5.41) is 10.1. The van der Waals surface area contributed by atoms with Gasteiger partial charge in [-0.3, -0.25) is 14.2 Å². The lowest BCUT2D eigenvalue weighted by Gasteiger charge is -2.08. The highest BCUT2D eigenvalue weighted by molar-refractivity contribution is 6.32. The van der Waals surface area contributed by atoms with E-state index < -0.39 is 11.9 Å². The topological polar surface area (TPSA) is 64.7 Å². The molecular weight excluding hydrogens is 371 g/mol. The second kappa shape index (κ2) is 6.94. The van der Waals surface area contributed by atoms with Gasteiger partial charge in [0.2, 0.25) is 5.91 Å². The fraction of sp³-hybridized carbons (Fsp3) is 0.562. The number of aryl methyl sites for hydroxylation is 2. The molecule has 142 valence electrons. The summed E-state index contributed by atoms with van der Waals surface area (Å²) in [7, 11) is 1.81. The Balaban J connectivity index is 1.64. The van der Waals surface area contributed by atoms with Crippen molar-refractivity contribution in [3.63, 3.8) is 0 Å². The molecule has 0 aromatic carbocycles. The summed E-state index contributed by atoms with van der Waals surface area (Å²) < 4.78 is 42.0. The number of halogens is 4. The predicted molar refractivity (Wildman–Crippen MR) is 88.6 cm³/mol. The van der Waals surface area contributed by atoms with E-state index in [1.54, 1.807) is 17.9 Å². The summed E-state index contributed by atoms with van der Waals surface area (Å²) in [4.78, 5) is 12.1. The van der Waals surface area contributed by atoms with Crippen LogP contribution in [0.25, 0.3) is 0 Å². The Bertz CT molecular complexity index is 823. The Kier molecular flexibility index (Phi) is 5.01. The van der Waals surface area contributed by atoms with Crippen LogP contribution in [0.15, 0.2) is 6.20 Å². The molecular formula is C16H19ClF3N5O. The van der Waals surface area contributed by atoms with Gasteiger partial charge in [-0.2, -0.15) is 23.4 Å². The SMILES string of the molecule is Cc1c(CNC(=O)CCn2nc(C(F)(F)F)c(Cl)c2C2CC2)cnn1C. The first-order valence-electron chi connectivity index (χ1n) is 8.26. The van der Waals surface area contributed by atoms with Gasteiger partial charge in [-0.15, -0.1) is 0 Å². The predicted octanol–water partition coefficient (Wildman–Crippen LogP) is 3.18. The van der Waals surface area contributed by atoms with Crippen molar-refractivity contribution in [2.24, 2.45) is 7.05 Å². The van der Waals surface area contributed by atoms with Crippen molar-refractivity contribution in [3.8, 4) is 0 Å². The highest BCUT2D eigenvalue weighted by atomic mass is 35.5. The molecule has 1 saturated carbocycles. The van der Waals surface area contributed by atoms with Gasteiger partial charge >= 0.3 is 6.18 Å². The summed E-state index contributed by atoms with van der Waals surface area (Å²) in [6, 6.07) is 0. The van der Waals surface area contributed by atoms with Crippen LogP contribution >= 0.6 is 11.6 Å². The second-order valence-corrected chi connectivity index (χ2v) is 6.83. The van der Waals surface area contributed by atoms with Crippen LogP contribution in [0.4, 0.5) is 13.2 Å². The molecule has 6 nitrogen and oxygen atoms in total. The smallest absolute Gasteiger partial charge is 0.352 e. The molecule has 26 heavy (non-hydrogen) atoms. The van der Waals surface area contributed by atoms with E-state index in [0.29, 0.717) is 12.2 Å². The van der Waals surface area contributed by atoms with Crippen LogP contribution in [0.1, 0.15) is 47.8 Å². The molecule has 2 aromatic heterocycles. The molecule has 1 fully saturated rings. The molecule has 1 aliphatic rings. The molecule has 3 rings (SSSR count). The first-order valence-corrected chi connectivity index (χ1v) is 8.63. The van der Waals surface area contributed by atoms with E-state index in [9.17, 15) is 18.0 Å². The van der Waals surface area contributed by atoms with Gasteiger partial charge in [-0.05, 0) is 19.8 Å². The first kappa shape index (κ1) is 18.8. The van der Waals surface area contributed by atoms with Crippen LogP contribution < -0.4 is 5.32 Å². The summed E-state index contributed by atoms with van der Waals surface area (Å²) in [5.41, 5.74) is 1.14. The van der Waals surface area contributed by atoms with E-state index in [1.807, 2.05) is 6.92 Å². The van der Waals surface area contributed by atoms with Crippen molar-refractivity contribution >= 4 is 17.5 Å². The number of nitrogens with zero attached hydrogens (tertiary/aromatic N) is 4. The molecule has 1 amide bonds. The van der Waals surface area contributed by atoms with E-state index >= 15 is 0 Å². The maximum absolute atomic E-state index is 13.0. The maximum atomic E-state index is 13.0. The fourth-order valence-electron chi connectivity index (χ4n) is 2.76. The highest BCUT2D eigenvalue weighted by Gasteiger charge is 2.41. The average molecular weight is 390 g/mol. The number of aromatic nitrogens is 4. The molecule has 10 heteroatoms. The largest absolute Gasteiger partial charge is 0.436 e. The van der Waals surface area contributed by atoms with Crippen molar-refractivity contribution < 1.29 is 18.0 Å². The standard InChI is InChI=1S/C16H19ClF3N5O/c1-9-11(8-22-24(9)2)7-21-12(26)5-6-25-14(10-3-4-10)13(17)15(23-25)16(18,19)20/h8,10H,3-7H2,1-2H3,(H,21,26). The average Bonchev–Trinajstić information content (AvgIpc) is 3.27. The van der Waals surface area contributed by atoms with E-state index in [1.165, 1.54) is 4.68 Å². The van der Waals surface area contributed by atoms with Gasteiger partial charge in [-0.25, -0.2) is 0 Å². The molecule has 1 N–H and O–H groups in total. The van der Waals surface area contributed by atoms with Gasteiger partial charge < -0.3 is 5.32 Å². The molecule has 0 spiro atoms. The van der Waals surface area contributed by atoms with Crippen molar-refractivity contribution in [2.75, 3.05) is 0 Å². The van der Waals surface area contributed by atoms with Gasteiger partial charge in [0.05, 0.1) is 23.5 Å². The first-order chi connectivity index (χ1) is 12.2. The van der Waals surface area contributed by atoms with Crippen LogP contribution in [0.2, 0.25) is 5.02 Å². The summed E-state index contributed by atoms with van der Waals surface area (Å²) in [6.07, 6.45) is -1.34. The number of nitrogens with one attached hydrogen (secondary N) is 1. The Hall–Kier alpha value is -2.03. The number of alkyl halides is 3. The lowest BCUT2D eigenvalue weighted by atomic mass is 10.2. The van der Waals surface area contributed by atoms with E-state index in [-0.39, 0.29) is 29.8 Å². The third kappa shape index (κ3) is 3.87. The van der Waals surface area contributed by atoms with Crippen LogP contribution in [0, 0.1) is 6.92 Å². The lowest BCUT2D eigenvalue weighted by Crippen LogP contribution is -2.24. The quantitative estimate of drug-likeness (QED) is 0.825. The summed E-state index contributed by atoms with van der Waals surface area (Å²) >= 11 is 5.91. The van der Waals surface area contributed by atoms with Crippen molar-refractivity contribution in [1.29, 1.82) is 0 Å². The number of carbonyl (C=O) groups excluding carboxylic acids is 1. The zero-order valence-electron chi connectivity index (χ0n) is 14.4. The fourth-order valence-corrected chi connectivity index (χ4v) is 3.16. The number of hydrogen-bond acceptors (Lipinski definition) is 3. The number of carbonyl (C=O) groups is 1. The number of hydrogen-bond donors (Lipinski definition) is 1. The van der Waals surface area contributed by atoms with E-state index in [4.69, 9.17) is 11.6 Å². The Morgan fingerprint density at radius 3 is 2.65 bits per heavy atom. The molecule has 1 aliphatic carbocycles. The maximum Gasteiger partial charge on any atom is 0.436 e. The molecule has 0 unspecified atom stereocenters. The summed E-state index contributed by atoms with van der Waals surface area (Å²) in [6.45, 7) is 2.27. The molecule has 0 atom stereocenters. The van der Waals surface area contributed by atoms with Crippen LogP contribution in [0.5, 0.6) is 0 Å². The highest BCUT2D eigenvalue weighted by Crippen LogP contribution is 2.46. The zero-order valence-corrected chi connectivity index (χ0v) is 15.2. The normalized spacial score (nSPS) is 14.7. The third-order valence-electron chi connectivity index (χ3n) is 4.53. The van der Waals surface area contributed by atoms with Gasteiger partial charge in [0, 0.05) is 37.2 Å².